The summed E-state index contributed by atoms with van der Waals surface area (Å²) in [6.07, 6.45) is 9.15. The van der Waals surface area contributed by atoms with E-state index in [1.165, 1.54) is 44.9 Å². The van der Waals surface area contributed by atoms with Crippen LogP contribution in [-0.2, 0) is 0 Å². The Balaban J connectivity index is 3.76. The Hall–Kier alpha value is -0.0800. The molecule has 0 aromatic heterocycles. The van der Waals surface area contributed by atoms with E-state index in [2.05, 4.69) is 40.0 Å². The largest absolute Gasteiger partial charge is 0.271 e. The Bertz CT molecular complexity index is 172. The molecule has 0 amide bonds. The average molecular weight is 242 g/mol. The molecule has 17 heavy (non-hydrogen) atoms. The molecule has 0 aliphatic heterocycles. The standard InChI is InChI=1S/C15H34N2/c1-6-7-8-9-10-11-14(17-16)12-13(2)15(3,4)5/h13-14,17H,6-12,16H2,1-5H3. The second-order valence-corrected chi connectivity index (χ2v) is 6.57. The van der Waals surface area contributed by atoms with Gasteiger partial charge >= 0.3 is 0 Å². The number of hydrogen-bond donors (Lipinski definition) is 2. The molecule has 2 atom stereocenters. The topological polar surface area (TPSA) is 38.0 Å². The summed E-state index contributed by atoms with van der Waals surface area (Å²) < 4.78 is 0. The van der Waals surface area contributed by atoms with Gasteiger partial charge in [-0.25, -0.2) is 0 Å². The summed E-state index contributed by atoms with van der Waals surface area (Å²) in [7, 11) is 0. The van der Waals surface area contributed by atoms with Gasteiger partial charge in [-0.2, -0.15) is 0 Å². The van der Waals surface area contributed by atoms with E-state index in [-0.39, 0.29) is 0 Å². The lowest BCUT2D eigenvalue weighted by atomic mass is 9.78. The van der Waals surface area contributed by atoms with Gasteiger partial charge in [0, 0.05) is 6.04 Å². The van der Waals surface area contributed by atoms with E-state index >= 15 is 0 Å². The van der Waals surface area contributed by atoms with E-state index in [0.717, 1.165) is 0 Å². The fraction of sp³-hybridized carbons (Fsp3) is 1.00. The maximum Gasteiger partial charge on any atom is 0.0213 e. The van der Waals surface area contributed by atoms with Crippen molar-refractivity contribution in [3.8, 4) is 0 Å². The minimum Gasteiger partial charge on any atom is -0.271 e. The van der Waals surface area contributed by atoms with Crippen molar-refractivity contribution < 1.29 is 0 Å². The molecule has 0 spiro atoms. The molecule has 0 fully saturated rings. The molecule has 0 heterocycles. The van der Waals surface area contributed by atoms with E-state index in [4.69, 9.17) is 5.84 Å². The van der Waals surface area contributed by atoms with E-state index in [1.54, 1.807) is 0 Å². The van der Waals surface area contributed by atoms with Crippen molar-refractivity contribution in [2.75, 3.05) is 0 Å². The number of nitrogens with one attached hydrogen (secondary N) is 1. The van der Waals surface area contributed by atoms with Crippen LogP contribution in [0, 0.1) is 11.3 Å². The summed E-state index contributed by atoms with van der Waals surface area (Å²) in [4.78, 5) is 0. The summed E-state index contributed by atoms with van der Waals surface area (Å²) in [5, 5.41) is 0. The van der Waals surface area contributed by atoms with E-state index in [1.807, 2.05) is 0 Å². The van der Waals surface area contributed by atoms with Crippen LogP contribution in [0.15, 0.2) is 0 Å². The fourth-order valence-corrected chi connectivity index (χ4v) is 2.04. The third-order valence-corrected chi connectivity index (χ3v) is 4.01. The van der Waals surface area contributed by atoms with Crippen molar-refractivity contribution in [3.05, 3.63) is 0 Å². The summed E-state index contributed by atoms with van der Waals surface area (Å²) in [6.45, 7) is 11.5. The zero-order valence-electron chi connectivity index (χ0n) is 12.7. The predicted octanol–water partition coefficient (Wildman–Crippen LogP) is 4.25. The molecule has 0 aliphatic carbocycles. The number of unbranched alkanes of at least 4 members (excludes halogenated alkanes) is 4. The zero-order chi connectivity index (χ0) is 13.3. The zero-order valence-corrected chi connectivity index (χ0v) is 12.7. The number of nitrogens with two attached hydrogens (primary N) is 1. The monoisotopic (exact) mass is 242 g/mol. The molecule has 2 unspecified atom stereocenters. The summed E-state index contributed by atoms with van der Waals surface area (Å²) in [5.74, 6) is 6.36. The van der Waals surface area contributed by atoms with Crippen LogP contribution in [0.1, 0.15) is 79.6 Å². The Morgan fingerprint density at radius 2 is 1.65 bits per heavy atom. The van der Waals surface area contributed by atoms with E-state index in [9.17, 15) is 0 Å². The molecular formula is C15H34N2. The van der Waals surface area contributed by atoms with Crippen LogP contribution in [0.3, 0.4) is 0 Å². The third-order valence-electron chi connectivity index (χ3n) is 4.01. The maximum atomic E-state index is 5.66. The molecule has 0 radical (unpaired) electrons. The van der Waals surface area contributed by atoms with E-state index < -0.39 is 0 Å². The highest BCUT2D eigenvalue weighted by molar-refractivity contribution is 4.76. The minimum atomic E-state index is 0.386. The first-order valence-electron chi connectivity index (χ1n) is 7.38. The fourth-order valence-electron chi connectivity index (χ4n) is 2.04. The maximum absolute atomic E-state index is 5.66. The van der Waals surface area contributed by atoms with E-state index in [0.29, 0.717) is 17.4 Å². The van der Waals surface area contributed by atoms with Crippen LogP contribution in [0.5, 0.6) is 0 Å². The Labute approximate surface area is 109 Å². The molecule has 0 aromatic carbocycles. The molecule has 104 valence electrons. The third kappa shape index (κ3) is 8.62. The predicted molar refractivity (Wildman–Crippen MR) is 77.7 cm³/mol. The van der Waals surface area contributed by atoms with Gasteiger partial charge in [0.05, 0.1) is 0 Å². The molecule has 3 N–H and O–H groups in total. The minimum absolute atomic E-state index is 0.386. The smallest absolute Gasteiger partial charge is 0.0213 e. The first-order valence-corrected chi connectivity index (χ1v) is 7.38. The van der Waals surface area contributed by atoms with Gasteiger partial charge in [0.1, 0.15) is 0 Å². The number of rotatable bonds is 9. The number of hydrazine groups is 1. The summed E-state index contributed by atoms with van der Waals surface area (Å²) >= 11 is 0. The molecule has 0 saturated heterocycles. The van der Waals surface area contributed by atoms with Crippen LogP contribution in [-0.4, -0.2) is 6.04 Å². The molecule has 0 saturated carbocycles. The van der Waals surface area contributed by atoms with Gasteiger partial charge in [0.2, 0.25) is 0 Å². The highest BCUT2D eigenvalue weighted by Gasteiger charge is 2.22. The van der Waals surface area contributed by atoms with Crippen molar-refractivity contribution in [2.24, 2.45) is 17.2 Å². The Morgan fingerprint density at radius 3 is 2.12 bits per heavy atom. The molecular weight excluding hydrogens is 208 g/mol. The highest BCUT2D eigenvalue weighted by atomic mass is 15.2. The second-order valence-electron chi connectivity index (χ2n) is 6.57. The summed E-state index contributed by atoms with van der Waals surface area (Å²) in [6, 6.07) is 0.492. The first kappa shape index (κ1) is 16.9. The van der Waals surface area contributed by atoms with Crippen molar-refractivity contribution in [3.63, 3.8) is 0 Å². The highest BCUT2D eigenvalue weighted by Crippen LogP contribution is 2.29. The SMILES string of the molecule is CCCCCCCC(CC(C)C(C)(C)C)NN. The lowest BCUT2D eigenvalue weighted by Crippen LogP contribution is -2.38. The van der Waals surface area contributed by atoms with Gasteiger partial charge in [0.25, 0.3) is 0 Å². The number of hydrogen-bond acceptors (Lipinski definition) is 2. The molecule has 2 nitrogen and oxygen atoms in total. The molecule has 0 aromatic rings. The van der Waals surface area contributed by atoms with Gasteiger partial charge in [-0.1, -0.05) is 66.7 Å². The second kappa shape index (κ2) is 8.93. The molecule has 0 rings (SSSR count). The lowest BCUT2D eigenvalue weighted by molar-refractivity contribution is 0.218. The normalized spacial score (nSPS) is 15.9. The van der Waals surface area contributed by atoms with Gasteiger partial charge in [-0.3, -0.25) is 11.3 Å². The van der Waals surface area contributed by atoms with Gasteiger partial charge < -0.3 is 0 Å². The Kier molecular flexibility index (Phi) is 8.89. The quantitative estimate of drug-likeness (QED) is 0.360. The summed E-state index contributed by atoms with van der Waals surface area (Å²) in [5.41, 5.74) is 3.38. The first-order chi connectivity index (χ1) is 7.91. The van der Waals surface area contributed by atoms with Crippen molar-refractivity contribution in [1.82, 2.24) is 5.43 Å². The Morgan fingerprint density at radius 1 is 1.06 bits per heavy atom. The van der Waals surface area contributed by atoms with Gasteiger partial charge in [-0.15, -0.1) is 0 Å². The van der Waals surface area contributed by atoms with Crippen LogP contribution in [0.4, 0.5) is 0 Å². The lowest BCUT2D eigenvalue weighted by Gasteiger charge is -2.30. The van der Waals surface area contributed by atoms with Crippen LogP contribution < -0.4 is 11.3 Å². The van der Waals surface area contributed by atoms with Crippen molar-refractivity contribution in [1.29, 1.82) is 0 Å². The van der Waals surface area contributed by atoms with Gasteiger partial charge in [0.15, 0.2) is 0 Å². The van der Waals surface area contributed by atoms with Gasteiger partial charge in [-0.05, 0) is 24.2 Å². The van der Waals surface area contributed by atoms with Crippen LogP contribution in [0.25, 0.3) is 0 Å². The molecule has 2 heteroatoms. The van der Waals surface area contributed by atoms with Crippen LogP contribution in [0.2, 0.25) is 0 Å². The van der Waals surface area contributed by atoms with Crippen molar-refractivity contribution >= 4 is 0 Å². The average Bonchev–Trinajstić information content (AvgIpc) is 2.25. The molecule has 0 aliphatic rings. The van der Waals surface area contributed by atoms with Crippen LogP contribution >= 0.6 is 0 Å². The molecule has 0 bridgehead atoms. The van der Waals surface area contributed by atoms with Crippen molar-refractivity contribution in [2.45, 2.75) is 85.6 Å².